The van der Waals surface area contributed by atoms with E-state index in [4.69, 9.17) is 9.47 Å². The fourth-order valence-corrected chi connectivity index (χ4v) is 1.11. The fourth-order valence-electron chi connectivity index (χ4n) is 0.874. The van der Waals surface area contributed by atoms with E-state index in [0.29, 0.717) is 13.2 Å². The van der Waals surface area contributed by atoms with E-state index in [0.717, 1.165) is 6.29 Å². The average Bonchev–Trinajstić information content (AvgIpc) is 2.06. The minimum absolute atomic E-state index is 0.340. The van der Waals surface area contributed by atoms with Crippen LogP contribution in [-0.2, 0) is 14.3 Å². The minimum Gasteiger partial charge on any atom is -0.348 e. The van der Waals surface area contributed by atoms with Crippen molar-refractivity contribution in [3.8, 4) is 0 Å². The highest BCUT2D eigenvalue weighted by Gasteiger charge is 2.38. The molecular formula is C7H14NO3P. The Kier molecular flexibility index (Phi) is 2.84. The predicted molar refractivity (Wildman–Crippen MR) is 47.6 cm³/mol. The highest BCUT2D eigenvalue weighted by molar-refractivity contribution is 7.13. The Morgan fingerprint density at radius 3 is 2.25 bits per heavy atom. The van der Waals surface area contributed by atoms with Gasteiger partial charge in [-0.25, -0.2) is 0 Å². The summed E-state index contributed by atoms with van der Waals surface area (Å²) < 4.78 is 10.7. The first-order valence-electron chi connectivity index (χ1n) is 3.76. The second-order valence-corrected chi connectivity index (χ2v) is 3.68. The molecule has 0 aliphatic carbocycles. The van der Waals surface area contributed by atoms with Gasteiger partial charge in [0.1, 0.15) is 11.8 Å². The van der Waals surface area contributed by atoms with E-state index in [1.54, 1.807) is 0 Å². The Balaban J connectivity index is 2.59. The first-order chi connectivity index (χ1) is 5.54. The van der Waals surface area contributed by atoms with Gasteiger partial charge in [0, 0.05) is 0 Å². The standard InChI is InChI=1S/C7H14NO3P/c1-6(2)10-4-7(3-9,8-12)5-11-6/h3,8H,4-5,12H2,1-2H3. The molecule has 1 atom stereocenters. The third-order valence-corrected chi connectivity index (χ3v) is 2.44. The molecule has 0 saturated carbocycles. The van der Waals surface area contributed by atoms with Crippen molar-refractivity contribution in [1.82, 2.24) is 5.09 Å². The number of carbonyl (C=O) groups excluding carboxylic acids is 1. The monoisotopic (exact) mass is 191 g/mol. The number of hydrogen-bond donors (Lipinski definition) is 1. The second kappa shape index (κ2) is 3.38. The summed E-state index contributed by atoms with van der Waals surface area (Å²) in [4.78, 5) is 10.7. The summed E-state index contributed by atoms with van der Waals surface area (Å²) in [6.07, 6.45) is 0.815. The quantitative estimate of drug-likeness (QED) is 0.496. The summed E-state index contributed by atoms with van der Waals surface area (Å²) >= 11 is 0. The lowest BCUT2D eigenvalue weighted by molar-refractivity contribution is -0.262. The van der Waals surface area contributed by atoms with Gasteiger partial charge >= 0.3 is 0 Å². The van der Waals surface area contributed by atoms with Gasteiger partial charge in [-0.15, -0.1) is 0 Å². The molecule has 0 radical (unpaired) electrons. The highest BCUT2D eigenvalue weighted by atomic mass is 31.0. The van der Waals surface area contributed by atoms with Gasteiger partial charge in [-0.05, 0) is 13.8 Å². The van der Waals surface area contributed by atoms with Crippen LogP contribution in [0, 0.1) is 0 Å². The van der Waals surface area contributed by atoms with Crippen molar-refractivity contribution in [2.24, 2.45) is 0 Å². The average molecular weight is 191 g/mol. The van der Waals surface area contributed by atoms with Crippen LogP contribution in [0.1, 0.15) is 13.8 Å². The van der Waals surface area contributed by atoms with Crippen LogP contribution < -0.4 is 5.09 Å². The van der Waals surface area contributed by atoms with E-state index in [1.165, 1.54) is 0 Å². The normalized spacial score (nSPS) is 26.6. The molecule has 1 fully saturated rings. The van der Waals surface area contributed by atoms with Gasteiger partial charge < -0.3 is 14.3 Å². The van der Waals surface area contributed by atoms with Crippen LogP contribution >= 0.6 is 9.39 Å². The molecule has 12 heavy (non-hydrogen) atoms. The van der Waals surface area contributed by atoms with Gasteiger partial charge in [0.15, 0.2) is 5.79 Å². The number of hydrogen-bond acceptors (Lipinski definition) is 4. The maximum Gasteiger partial charge on any atom is 0.162 e. The molecule has 1 unspecified atom stereocenters. The molecule has 1 saturated heterocycles. The third kappa shape index (κ3) is 2.02. The largest absolute Gasteiger partial charge is 0.348 e. The maximum atomic E-state index is 10.7. The van der Waals surface area contributed by atoms with E-state index in [-0.39, 0.29) is 0 Å². The van der Waals surface area contributed by atoms with E-state index in [9.17, 15) is 4.79 Å². The molecule has 0 aromatic rings. The molecule has 1 rings (SSSR count). The van der Waals surface area contributed by atoms with Gasteiger partial charge in [0.05, 0.1) is 13.2 Å². The Morgan fingerprint density at radius 1 is 1.42 bits per heavy atom. The van der Waals surface area contributed by atoms with E-state index in [1.807, 2.05) is 13.8 Å². The zero-order chi connectivity index (χ0) is 9.24. The minimum atomic E-state index is -0.694. The van der Waals surface area contributed by atoms with Crippen LogP contribution in [-0.4, -0.2) is 30.8 Å². The van der Waals surface area contributed by atoms with Gasteiger partial charge in [0.2, 0.25) is 0 Å². The molecule has 0 amide bonds. The molecular weight excluding hydrogens is 177 g/mol. The molecule has 70 valence electrons. The number of carbonyl (C=O) groups is 1. The van der Waals surface area contributed by atoms with Crippen LogP contribution in [0.2, 0.25) is 0 Å². The van der Waals surface area contributed by atoms with Gasteiger partial charge in [-0.2, -0.15) is 0 Å². The molecule has 1 N–H and O–H groups in total. The molecule has 1 heterocycles. The molecule has 0 aromatic heterocycles. The Bertz CT molecular complexity index is 173. The summed E-state index contributed by atoms with van der Waals surface area (Å²) in [5.41, 5.74) is -0.694. The Hall–Kier alpha value is -0.0200. The van der Waals surface area contributed by atoms with Crippen molar-refractivity contribution < 1.29 is 14.3 Å². The summed E-state index contributed by atoms with van der Waals surface area (Å²) in [5, 5.41) is 2.80. The van der Waals surface area contributed by atoms with Crippen LogP contribution in [0.3, 0.4) is 0 Å². The lowest BCUT2D eigenvalue weighted by Crippen LogP contribution is -2.57. The summed E-state index contributed by atoms with van der Waals surface area (Å²) in [5.74, 6) is -0.575. The molecule has 0 spiro atoms. The summed E-state index contributed by atoms with van der Waals surface area (Å²) in [6.45, 7) is 4.33. The lowest BCUT2D eigenvalue weighted by Gasteiger charge is -2.39. The van der Waals surface area contributed by atoms with Gasteiger partial charge in [-0.3, -0.25) is 5.09 Å². The first kappa shape index (κ1) is 10.1. The van der Waals surface area contributed by atoms with Crippen molar-refractivity contribution in [2.45, 2.75) is 25.2 Å². The summed E-state index contributed by atoms with van der Waals surface area (Å²) in [7, 11) is 2.30. The SMILES string of the molecule is CC1(C)OCC(C=O)(NP)CO1. The van der Waals surface area contributed by atoms with E-state index >= 15 is 0 Å². The number of rotatable bonds is 2. The Morgan fingerprint density at radius 2 is 1.92 bits per heavy atom. The van der Waals surface area contributed by atoms with Gasteiger partial charge in [0.25, 0.3) is 0 Å². The predicted octanol–water partition coefficient (Wildman–Crippen LogP) is 0.0867. The number of aldehydes is 1. The van der Waals surface area contributed by atoms with Crippen molar-refractivity contribution >= 4 is 15.7 Å². The van der Waals surface area contributed by atoms with Crippen LogP contribution in [0.15, 0.2) is 0 Å². The van der Waals surface area contributed by atoms with Crippen molar-refractivity contribution in [3.63, 3.8) is 0 Å². The van der Waals surface area contributed by atoms with Crippen molar-refractivity contribution in [3.05, 3.63) is 0 Å². The van der Waals surface area contributed by atoms with Crippen molar-refractivity contribution in [1.29, 1.82) is 0 Å². The maximum absolute atomic E-state index is 10.7. The molecule has 4 nitrogen and oxygen atoms in total. The number of ether oxygens (including phenoxy) is 2. The second-order valence-electron chi connectivity index (χ2n) is 3.40. The molecule has 1 aliphatic heterocycles. The Labute approximate surface area is 74.2 Å². The summed E-state index contributed by atoms with van der Waals surface area (Å²) in [6, 6.07) is 0. The zero-order valence-electron chi connectivity index (χ0n) is 7.29. The topological polar surface area (TPSA) is 47.6 Å². The fraction of sp³-hybridized carbons (Fsp3) is 0.857. The van der Waals surface area contributed by atoms with Crippen LogP contribution in [0.4, 0.5) is 0 Å². The van der Waals surface area contributed by atoms with Crippen LogP contribution in [0.5, 0.6) is 0 Å². The van der Waals surface area contributed by atoms with E-state index < -0.39 is 11.3 Å². The molecule has 0 aromatic carbocycles. The number of nitrogens with one attached hydrogen (secondary N) is 1. The van der Waals surface area contributed by atoms with Gasteiger partial charge in [-0.1, -0.05) is 9.39 Å². The lowest BCUT2D eigenvalue weighted by atomic mass is 10.0. The highest BCUT2D eigenvalue weighted by Crippen LogP contribution is 2.22. The first-order valence-corrected chi connectivity index (χ1v) is 4.33. The third-order valence-electron chi connectivity index (χ3n) is 1.87. The molecule has 5 heteroatoms. The molecule has 1 aliphatic rings. The van der Waals surface area contributed by atoms with Crippen LogP contribution in [0.25, 0.3) is 0 Å². The van der Waals surface area contributed by atoms with E-state index in [2.05, 4.69) is 14.5 Å². The zero-order valence-corrected chi connectivity index (χ0v) is 8.45. The smallest absolute Gasteiger partial charge is 0.162 e. The van der Waals surface area contributed by atoms with Crippen molar-refractivity contribution in [2.75, 3.05) is 13.2 Å². The molecule has 0 bridgehead atoms.